The molecule has 0 aromatic carbocycles. The molecule has 0 saturated heterocycles. The first-order valence-electron chi connectivity index (χ1n) is 6.36. The Labute approximate surface area is 109 Å². The SMILES string of the molecule is CCn1ccc(CC(=O)Nc2nnnn2C2CC2)n1. The molecule has 8 nitrogen and oxygen atoms in total. The van der Waals surface area contributed by atoms with E-state index in [1.54, 1.807) is 9.36 Å². The maximum absolute atomic E-state index is 11.9. The van der Waals surface area contributed by atoms with E-state index in [1.807, 2.05) is 19.2 Å². The van der Waals surface area contributed by atoms with Crippen LogP contribution < -0.4 is 5.32 Å². The van der Waals surface area contributed by atoms with E-state index >= 15 is 0 Å². The Hall–Kier alpha value is -2.25. The molecule has 0 radical (unpaired) electrons. The highest BCUT2D eigenvalue weighted by Gasteiger charge is 2.28. The van der Waals surface area contributed by atoms with Gasteiger partial charge in [0.25, 0.3) is 0 Å². The fourth-order valence-corrected chi connectivity index (χ4v) is 1.85. The Morgan fingerprint density at radius 1 is 1.53 bits per heavy atom. The molecule has 2 heterocycles. The van der Waals surface area contributed by atoms with Crippen molar-refractivity contribution in [3.63, 3.8) is 0 Å². The van der Waals surface area contributed by atoms with Crippen LogP contribution in [0.1, 0.15) is 31.5 Å². The first-order chi connectivity index (χ1) is 9.26. The van der Waals surface area contributed by atoms with Gasteiger partial charge >= 0.3 is 0 Å². The van der Waals surface area contributed by atoms with E-state index in [0.29, 0.717) is 12.0 Å². The Morgan fingerprint density at radius 3 is 3.05 bits per heavy atom. The van der Waals surface area contributed by atoms with Gasteiger partial charge in [-0.3, -0.25) is 14.8 Å². The normalized spacial score (nSPS) is 14.6. The van der Waals surface area contributed by atoms with Crippen LogP contribution in [0.4, 0.5) is 5.95 Å². The van der Waals surface area contributed by atoms with Crippen molar-refractivity contribution in [1.82, 2.24) is 30.0 Å². The van der Waals surface area contributed by atoms with Crippen molar-refractivity contribution in [2.75, 3.05) is 5.32 Å². The van der Waals surface area contributed by atoms with Crippen molar-refractivity contribution in [3.05, 3.63) is 18.0 Å². The lowest BCUT2D eigenvalue weighted by Gasteiger charge is -2.03. The lowest BCUT2D eigenvalue weighted by atomic mass is 10.3. The van der Waals surface area contributed by atoms with E-state index in [0.717, 1.165) is 25.1 Å². The molecule has 100 valence electrons. The number of hydrogen-bond acceptors (Lipinski definition) is 5. The summed E-state index contributed by atoms with van der Waals surface area (Å²) in [6.45, 7) is 2.79. The van der Waals surface area contributed by atoms with Crippen LogP contribution in [0.25, 0.3) is 0 Å². The number of anilines is 1. The zero-order chi connectivity index (χ0) is 13.2. The predicted molar refractivity (Wildman–Crippen MR) is 66.3 cm³/mol. The molecular weight excluding hydrogens is 246 g/mol. The fourth-order valence-electron chi connectivity index (χ4n) is 1.85. The van der Waals surface area contributed by atoms with Crippen LogP contribution in [0.15, 0.2) is 12.3 Å². The molecule has 2 aromatic heterocycles. The molecule has 1 fully saturated rings. The van der Waals surface area contributed by atoms with Gasteiger partial charge in [-0.05, 0) is 36.3 Å². The third-order valence-electron chi connectivity index (χ3n) is 3.00. The van der Waals surface area contributed by atoms with Crippen molar-refractivity contribution in [1.29, 1.82) is 0 Å². The van der Waals surface area contributed by atoms with Gasteiger partial charge in [-0.25, -0.2) is 4.68 Å². The van der Waals surface area contributed by atoms with Crippen molar-refractivity contribution in [3.8, 4) is 0 Å². The van der Waals surface area contributed by atoms with Gasteiger partial charge in [0.05, 0.1) is 18.2 Å². The Kier molecular flexibility index (Phi) is 2.98. The third-order valence-corrected chi connectivity index (χ3v) is 3.00. The number of aryl methyl sites for hydroxylation is 1. The highest BCUT2D eigenvalue weighted by Crippen LogP contribution is 2.35. The quantitative estimate of drug-likeness (QED) is 0.841. The highest BCUT2D eigenvalue weighted by atomic mass is 16.1. The lowest BCUT2D eigenvalue weighted by molar-refractivity contribution is -0.115. The van der Waals surface area contributed by atoms with Crippen molar-refractivity contribution in [2.24, 2.45) is 0 Å². The summed E-state index contributed by atoms with van der Waals surface area (Å²) < 4.78 is 3.46. The minimum Gasteiger partial charge on any atom is -0.293 e. The predicted octanol–water partition coefficient (Wildman–Crippen LogP) is 0.406. The number of carbonyl (C=O) groups excluding carboxylic acids is 1. The Balaban J connectivity index is 1.62. The zero-order valence-electron chi connectivity index (χ0n) is 10.7. The molecule has 1 amide bonds. The van der Waals surface area contributed by atoms with Gasteiger partial charge in [0, 0.05) is 12.7 Å². The maximum Gasteiger partial charge on any atom is 0.249 e. The topological polar surface area (TPSA) is 90.5 Å². The number of nitrogens with zero attached hydrogens (tertiary/aromatic N) is 6. The molecule has 1 aliphatic carbocycles. The fraction of sp³-hybridized carbons (Fsp3) is 0.545. The van der Waals surface area contributed by atoms with E-state index in [-0.39, 0.29) is 12.3 Å². The van der Waals surface area contributed by atoms with Crippen molar-refractivity contribution >= 4 is 11.9 Å². The van der Waals surface area contributed by atoms with Gasteiger partial charge in [-0.15, -0.1) is 0 Å². The van der Waals surface area contributed by atoms with E-state index in [2.05, 4.69) is 25.9 Å². The van der Waals surface area contributed by atoms with E-state index in [1.165, 1.54) is 0 Å². The van der Waals surface area contributed by atoms with E-state index < -0.39 is 0 Å². The lowest BCUT2D eigenvalue weighted by Crippen LogP contribution is -2.18. The number of rotatable bonds is 5. The summed E-state index contributed by atoms with van der Waals surface area (Å²) in [5, 5.41) is 18.3. The highest BCUT2D eigenvalue weighted by molar-refractivity contribution is 5.90. The summed E-state index contributed by atoms with van der Waals surface area (Å²) in [6, 6.07) is 2.18. The first-order valence-corrected chi connectivity index (χ1v) is 6.36. The monoisotopic (exact) mass is 261 g/mol. The van der Waals surface area contributed by atoms with Crippen LogP contribution >= 0.6 is 0 Å². The van der Waals surface area contributed by atoms with Crippen LogP contribution in [-0.4, -0.2) is 35.9 Å². The zero-order valence-corrected chi connectivity index (χ0v) is 10.7. The molecule has 0 spiro atoms. The van der Waals surface area contributed by atoms with Gasteiger partial charge < -0.3 is 0 Å². The molecule has 2 aromatic rings. The van der Waals surface area contributed by atoms with Crippen LogP contribution in [0.2, 0.25) is 0 Å². The van der Waals surface area contributed by atoms with Gasteiger partial charge in [-0.2, -0.15) is 5.10 Å². The smallest absolute Gasteiger partial charge is 0.249 e. The van der Waals surface area contributed by atoms with Crippen LogP contribution in [-0.2, 0) is 17.8 Å². The second-order valence-corrected chi connectivity index (χ2v) is 4.57. The molecule has 8 heteroatoms. The molecular formula is C11H15N7O. The number of nitrogens with one attached hydrogen (secondary N) is 1. The summed E-state index contributed by atoms with van der Waals surface area (Å²) in [7, 11) is 0. The van der Waals surface area contributed by atoms with Gasteiger partial charge in [0.2, 0.25) is 11.9 Å². The largest absolute Gasteiger partial charge is 0.293 e. The Bertz CT molecular complexity index is 583. The molecule has 1 aliphatic rings. The van der Waals surface area contributed by atoms with Gasteiger partial charge in [-0.1, -0.05) is 5.10 Å². The van der Waals surface area contributed by atoms with Gasteiger partial charge in [0.15, 0.2) is 0 Å². The number of aromatic nitrogens is 6. The minimum atomic E-state index is -0.155. The molecule has 1 N–H and O–H groups in total. The van der Waals surface area contributed by atoms with E-state index in [4.69, 9.17) is 0 Å². The van der Waals surface area contributed by atoms with Crippen LogP contribution in [0, 0.1) is 0 Å². The summed E-state index contributed by atoms with van der Waals surface area (Å²) in [4.78, 5) is 11.9. The molecule has 19 heavy (non-hydrogen) atoms. The number of hydrogen-bond donors (Lipinski definition) is 1. The second kappa shape index (κ2) is 4.79. The summed E-state index contributed by atoms with van der Waals surface area (Å²) in [5.74, 6) is 0.264. The summed E-state index contributed by atoms with van der Waals surface area (Å²) in [6.07, 6.45) is 4.21. The molecule has 3 rings (SSSR count). The molecule has 0 bridgehead atoms. The summed E-state index contributed by atoms with van der Waals surface area (Å²) in [5.41, 5.74) is 0.741. The van der Waals surface area contributed by atoms with E-state index in [9.17, 15) is 4.79 Å². The average Bonchev–Trinajstić information content (AvgIpc) is 2.97. The number of amides is 1. The molecule has 1 saturated carbocycles. The average molecular weight is 261 g/mol. The van der Waals surface area contributed by atoms with Crippen LogP contribution in [0.5, 0.6) is 0 Å². The van der Waals surface area contributed by atoms with Gasteiger partial charge in [0.1, 0.15) is 0 Å². The molecule has 0 atom stereocenters. The minimum absolute atomic E-state index is 0.155. The maximum atomic E-state index is 11.9. The number of tetrazole rings is 1. The summed E-state index contributed by atoms with van der Waals surface area (Å²) >= 11 is 0. The van der Waals surface area contributed by atoms with Crippen molar-refractivity contribution < 1.29 is 4.79 Å². The van der Waals surface area contributed by atoms with Crippen molar-refractivity contribution in [2.45, 2.75) is 38.8 Å². The second-order valence-electron chi connectivity index (χ2n) is 4.57. The third kappa shape index (κ3) is 2.61. The molecule has 0 aliphatic heterocycles. The standard InChI is InChI=1S/C11H15N7O/c1-2-17-6-5-8(14-17)7-10(19)12-11-13-15-16-18(11)9-3-4-9/h5-6,9H,2-4,7H2,1H3,(H,12,13,16,19). The van der Waals surface area contributed by atoms with Crippen LogP contribution in [0.3, 0.4) is 0 Å². The Morgan fingerprint density at radius 2 is 2.37 bits per heavy atom. The first kappa shape index (κ1) is 11.8. The molecule has 0 unspecified atom stereocenters. The number of carbonyl (C=O) groups is 1.